The predicted molar refractivity (Wildman–Crippen MR) is 115 cm³/mol. The number of rotatable bonds is 21. The molecule has 0 unspecified atom stereocenters. The van der Waals surface area contributed by atoms with Gasteiger partial charge in [-0.15, -0.1) is 0 Å². The van der Waals surface area contributed by atoms with E-state index in [4.69, 9.17) is 4.55 Å². The van der Waals surface area contributed by atoms with Crippen molar-refractivity contribution in [1.82, 2.24) is 5.32 Å². The molecule has 0 heterocycles. The van der Waals surface area contributed by atoms with Crippen molar-refractivity contribution < 1.29 is 44.0 Å². The Bertz CT molecular complexity index is 384. The second-order valence-electron chi connectivity index (χ2n) is 7.69. The largest absolute Gasteiger partial charge is 1.00 e. The van der Waals surface area contributed by atoms with Crippen LogP contribution >= 0.6 is 0 Å². The van der Waals surface area contributed by atoms with Gasteiger partial charge in [0.2, 0.25) is 0 Å². The van der Waals surface area contributed by atoms with Gasteiger partial charge in [-0.1, -0.05) is 110 Å². The van der Waals surface area contributed by atoms with Crippen LogP contribution < -0.4 is 34.9 Å². The first-order valence-corrected chi connectivity index (χ1v) is 12.8. The van der Waals surface area contributed by atoms with Crippen LogP contribution in [-0.2, 0) is 10.1 Å². The third-order valence-electron chi connectivity index (χ3n) is 4.99. The topological polar surface area (TPSA) is 66.4 Å². The molecule has 0 saturated carbocycles. The molecule has 4 nitrogen and oxygen atoms in total. The van der Waals surface area contributed by atoms with Crippen molar-refractivity contribution in [3.05, 3.63) is 0 Å². The zero-order valence-corrected chi connectivity index (χ0v) is 21.1. The van der Waals surface area contributed by atoms with Gasteiger partial charge >= 0.3 is 29.6 Å². The quantitative estimate of drug-likeness (QED) is 0.172. The van der Waals surface area contributed by atoms with Crippen molar-refractivity contribution in [2.24, 2.45) is 0 Å². The van der Waals surface area contributed by atoms with Crippen molar-refractivity contribution in [2.45, 2.75) is 116 Å². The summed E-state index contributed by atoms with van der Waals surface area (Å²) in [5.74, 6) is -0.189. The molecule has 0 aliphatic rings. The molecule has 160 valence electrons. The summed E-state index contributed by atoms with van der Waals surface area (Å²) in [6, 6.07) is 0. The van der Waals surface area contributed by atoms with E-state index in [1.807, 2.05) is 0 Å². The summed E-state index contributed by atoms with van der Waals surface area (Å²) in [6.07, 6.45) is 23.2. The van der Waals surface area contributed by atoms with Crippen molar-refractivity contribution in [3.8, 4) is 0 Å². The van der Waals surface area contributed by atoms with Gasteiger partial charge in [-0.05, 0) is 13.0 Å². The normalized spacial score (nSPS) is 11.5. The Hall–Kier alpha value is 0.870. The molecule has 0 aromatic carbocycles. The SMILES string of the molecule is CCCCCCCCCCCCCCCCCCCNCCS(=O)(=O)O.[H-].[Na+]. The van der Waals surface area contributed by atoms with Crippen molar-refractivity contribution >= 4 is 10.1 Å². The standard InChI is InChI=1S/C21H45NO3S.Na.H/c1-2-3-4-5-6-7-8-9-10-11-12-13-14-15-16-17-18-19-22-20-21-26(23,24)25;;/h22H,2-21H2,1H3,(H,23,24,25);;/q;+1;-1. The minimum Gasteiger partial charge on any atom is -1.00 e. The minimum atomic E-state index is -3.81. The molecule has 0 aliphatic carbocycles. The van der Waals surface area contributed by atoms with Crippen LogP contribution in [0.2, 0.25) is 0 Å². The summed E-state index contributed by atoms with van der Waals surface area (Å²) in [5.41, 5.74) is 0. The van der Waals surface area contributed by atoms with Crippen molar-refractivity contribution in [2.75, 3.05) is 18.8 Å². The Kier molecular flexibility index (Phi) is 25.8. The molecule has 0 aromatic heterocycles. The van der Waals surface area contributed by atoms with E-state index in [9.17, 15) is 8.42 Å². The van der Waals surface area contributed by atoms with Crippen molar-refractivity contribution in [3.63, 3.8) is 0 Å². The molecule has 0 aromatic rings. The Labute approximate surface area is 193 Å². The summed E-state index contributed by atoms with van der Waals surface area (Å²) in [6.45, 7) is 3.46. The summed E-state index contributed by atoms with van der Waals surface area (Å²) in [4.78, 5) is 0. The van der Waals surface area contributed by atoms with Gasteiger partial charge in [0.25, 0.3) is 10.1 Å². The average Bonchev–Trinajstić information content (AvgIpc) is 2.59. The molecular formula is C21H46NNaO3S. The molecule has 0 atom stereocenters. The van der Waals surface area contributed by atoms with E-state index in [1.54, 1.807) is 0 Å². The first kappa shape index (κ1) is 30.1. The van der Waals surface area contributed by atoms with Crippen LogP contribution in [0.4, 0.5) is 0 Å². The molecule has 0 rings (SSSR count). The molecule has 0 fully saturated rings. The summed E-state index contributed by atoms with van der Waals surface area (Å²) in [7, 11) is -3.81. The van der Waals surface area contributed by atoms with E-state index in [0.717, 1.165) is 13.0 Å². The Morgan fingerprint density at radius 3 is 1.30 bits per heavy atom. The van der Waals surface area contributed by atoms with Gasteiger partial charge in [-0.2, -0.15) is 8.42 Å². The molecule has 0 amide bonds. The molecule has 0 spiro atoms. The number of nitrogens with one attached hydrogen (secondary N) is 1. The van der Waals surface area contributed by atoms with Crippen LogP contribution in [0.15, 0.2) is 0 Å². The summed E-state index contributed by atoms with van der Waals surface area (Å²) < 4.78 is 29.7. The van der Waals surface area contributed by atoms with Crippen LogP contribution in [-0.4, -0.2) is 31.8 Å². The predicted octanol–water partition coefficient (Wildman–Crippen LogP) is 3.23. The molecule has 2 N–H and O–H groups in total. The molecule has 6 heteroatoms. The zero-order chi connectivity index (χ0) is 19.3. The maximum Gasteiger partial charge on any atom is 1.00 e. The van der Waals surface area contributed by atoms with E-state index >= 15 is 0 Å². The smallest absolute Gasteiger partial charge is 1.00 e. The molecule has 0 bridgehead atoms. The van der Waals surface area contributed by atoms with Gasteiger partial charge in [0.15, 0.2) is 0 Å². The van der Waals surface area contributed by atoms with Gasteiger partial charge < -0.3 is 6.74 Å². The fourth-order valence-electron chi connectivity index (χ4n) is 3.30. The van der Waals surface area contributed by atoms with Gasteiger partial charge in [0.05, 0.1) is 5.75 Å². The van der Waals surface area contributed by atoms with E-state index in [2.05, 4.69) is 12.2 Å². The van der Waals surface area contributed by atoms with E-state index in [1.165, 1.54) is 103 Å². The Balaban J connectivity index is -0.00000312. The maximum atomic E-state index is 10.5. The van der Waals surface area contributed by atoms with Crippen LogP contribution in [0.3, 0.4) is 0 Å². The molecule has 0 aliphatic heterocycles. The third kappa shape index (κ3) is 29.2. The second kappa shape index (κ2) is 23.2. The third-order valence-corrected chi connectivity index (χ3v) is 5.71. The molecular weight excluding hydrogens is 369 g/mol. The van der Waals surface area contributed by atoms with E-state index in [0.29, 0.717) is 6.54 Å². The van der Waals surface area contributed by atoms with Gasteiger partial charge in [0, 0.05) is 6.54 Å². The Morgan fingerprint density at radius 1 is 0.630 bits per heavy atom. The fraction of sp³-hybridized carbons (Fsp3) is 1.00. The van der Waals surface area contributed by atoms with E-state index in [-0.39, 0.29) is 36.7 Å². The van der Waals surface area contributed by atoms with Crippen LogP contribution in [0.5, 0.6) is 0 Å². The number of hydrogen-bond acceptors (Lipinski definition) is 3. The first-order valence-electron chi connectivity index (χ1n) is 11.2. The molecule has 0 saturated heterocycles. The summed E-state index contributed by atoms with van der Waals surface area (Å²) >= 11 is 0. The van der Waals surface area contributed by atoms with Gasteiger partial charge in [0.1, 0.15) is 0 Å². The first-order chi connectivity index (χ1) is 12.6. The molecule has 0 radical (unpaired) electrons. The van der Waals surface area contributed by atoms with Crippen molar-refractivity contribution in [1.29, 1.82) is 0 Å². The second-order valence-corrected chi connectivity index (χ2v) is 9.26. The fourth-order valence-corrected chi connectivity index (χ4v) is 3.70. The number of unbranched alkanes of at least 4 members (excludes halogenated alkanes) is 16. The minimum absolute atomic E-state index is 0. The zero-order valence-electron chi connectivity index (χ0n) is 19.3. The monoisotopic (exact) mass is 415 g/mol. The van der Waals surface area contributed by atoms with Crippen LogP contribution in [0.1, 0.15) is 118 Å². The average molecular weight is 416 g/mol. The van der Waals surface area contributed by atoms with Crippen LogP contribution in [0, 0.1) is 0 Å². The molecule has 27 heavy (non-hydrogen) atoms. The maximum absolute atomic E-state index is 10.5. The van der Waals surface area contributed by atoms with Gasteiger partial charge in [-0.3, -0.25) is 4.55 Å². The Morgan fingerprint density at radius 2 is 0.963 bits per heavy atom. The summed E-state index contributed by atoms with van der Waals surface area (Å²) in [5, 5.41) is 3.05. The number of hydrogen-bond donors (Lipinski definition) is 2. The van der Waals surface area contributed by atoms with Gasteiger partial charge in [-0.25, -0.2) is 0 Å². The van der Waals surface area contributed by atoms with Crippen LogP contribution in [0.25, 0.3) is 0 Å². The van der Waals surface area contributed by atoms with E-state index < -0.39 is 10.1 Å².